The zero-order valence-corrected chi connectivity index (χ0v) is 15.9. The lowest BCUT2D eigenvalue weighted by Gasteiger charge is -2.21. The number of nitrogens with zero attached hydrogens (tertiary/aromatic N) is 5. The van der Waals surface area contributed by atoms with Crippen LogP contribution in [0.4, 0.5) is 0 Å². The number of fused-ring (bicyclic) bond motifs is 2. The highest BCUT2D eigenvalue weighted by atomic mass is 32.1. The lowest BCUT2D eigenvalue weighted by atomic mass is 10.2. The summed E-state index contributed by atoms with van der Waals surface area (Å²) in [5.74, 6) is 0. The Balaban J connectivity index is 1.46. The molecule has 4 aromatic rings. The fourth-order valence-corrected chi connectivity index (χ4v) is 5.63. The first-order chi connectivity index (χ1) is 12.7. The summed E-state index contributed by atoms with van der Waals surface area (Å²) in [5, 5.41) is 6.59. The van der Waals surface area contributed by atoms with Crippen molar-refractivity contribution < 1.29 is 0 Å². The van der Waals surface area contributed by atoms with Gasteiger partial charge in [0.2, 0.25) is 4.96 Å². The standard InChI is InChI=1S/C18H17N5OS2/c1-11-9-16(24)23-18(19-11)26-15(21-23)10-22-8-4-6-13(22)17-20-12-5-2-3-7-14(12)25-17/h2-3,5,7,9,13H,4,6,8,10H2,1H3. The zero-order chi connectivity index (χ0) is 17.7. The topological polar surface area (TPSA) is 63.4 Å². The van der Waals surface area contributed by atoms with E-state index in [1.165, 1.54) is 31.6 Å². The zero-order valence-electron chi connectivity index (χ0n) is 14.3. The molecule has 132 valence electrons. The van der Waals surface area contributed by atoms with Crippen molar-refractivity contribution in [3.8, 4) is 0 Å². The van der Waals surface area contributed by atoms with Crippen LogP contribution in [-0.4, -0.2) is 31.0 Å². The van der Waals surface area contributed by atoms with Gasteiger partial charge in [0.25, 0.3) is 5.56 Å². The molecule has 1 aliphatic rings. The van der Waals surface area contributed by atoms with Gasteiger partial charge in [0.15, 0.2) is 0 Å². The molecular weight excluding hydrogens is 366 g/mol. The van der Waals surface area contributed by atoms with E-state index < -0.39 is 0 Å². The molecule has 3 aromatic heterocycles. The highest BCUT2D eigenvalue weighted by Gasteiger charge is 2.29. The van der Waals surface area contributed by atoms with E-state index >= 15 is 0 Å². The van der Waals surface area contributed by atoms with Gasteiger partial charge in [-0.05, 0) is 38.4 Å². The number of thiazole rings is 1. The van der Waals surface area contributed by atoms with Crippen LogP contribution in [0.5, 0.6) is 0 Å². The number of rotatable bonds is 3. The van der Waals surface area contributed by atoms with Gasteiger partial charge in [0.05, 0.1) is 22.8 Å². The van der Waals surface area contributed by atoms with E-state index in [9.17, 15) is 4.79 Å². The average Bonchev–Trinajstić information content (AvgIpc) is 3.31. The van der Waals surface area contributed by atoms with E-state index in [2.05, 4.69) is 33.2 Å². The summed E-state index contributed by atoms with van der Waals surface area (Å²) in [6.45, 7) is 3.59. The van der Waals surface area contributed by atoms with Crippen LogP contribution in [0.2, 0.25) is 0 Å². The minimum Gasteiger partial charge on any atom is -0.287 e. The molecule has 6 nitrogen and oxygen atoms in total. The maximum atomic E-state index is 12.1. The van der Waals surface area contributed by atoms with Crippen molar-refractivity contribution in [2.75, 3.05) is 6.54 Å². The molecule has 26 heavy (non-hydrogen) atoms. The number of aromatic nitrogens is 4. The minimum absolute atomic E-state index is 0.112. The first-order valence-electron chi connectivity index (χ1n) is 8.63. The van der Waals surface area contributed by atoms with Crippen LogP contribution in [0.3, 0.4) is 0 Å². The number of benzene rings is 1. The van der Waals surface area contributed by atoms with Crippen molar-refractivity contribution in [2.45, 2.75) is 32.4 Å². The largest absolute Gasteiger partial charge is 0.287 e. The second-order valence-electron chi connectivity index (χ2n) is 6.57. The predicted molar refractivity (Wildman–Crippen MR) is 104 cm³/mol. The third kappa shape index (κ3) is 2.74. The SMILES string of the molecule is Cc1cc(=O)n2nc(CN3CCCC3c3nc4ccccc4s3)sc2n1. The van der Waals surface area contributed by atoms with Crippen molar-refractivity contribution in [2.24, 2.45) is 0 Å². The molecule has 0 spiro atoms. The van der Waals surface area contributed by atoms with Gasteiger partial charge in [0, 0.05) is 11.8 Å². The molecule has 1 unspecified atom stereocenters. The van der Waals surface area contributed by atoms with E-state index in [0.717, 1.165) is 42.1 Å². The number of hydrogen-bond acceptors (Lipinski definition) is 7. The molecule has 0 saturated carbocycles. The van der Waals surface area contributed by atoms with Crippen LogP contribution in [0, 0.1) is 6.92 Å². The molecule has 1 aromatic carbocycles. The second kappa shape index (κ2) is 6.22. The lowest BCUT2D eigenvalue weighted by molar-refractivity contribution is 0.247. The highest BCUT2D eigenvalue weighted by Crippen LogP contribution is 2.37. The maximum Gasteiger partial charge on any atom is 0.275 e. The first kappa shape index (κ1) is 16.0. The van der Waals surface area contributed by atoms with Crippen molar-refractivity contribution in [1.82, 2.24) is 24.5 Å². The maximum absolute atomic E-state index is 12.1. The molecule has 1 aliphatic heterocycles. The molecule has 0 amide bonds. The Labute approximate surface area is 157 Å². The van der Waals surface area contributed by atoms with Crippen molar-refractivity contribution in [3.05, 3.63) is 56.4 Å². The highest BCUT2D eigenvalue weighted by molar-refractivity contribution is 7.18. The Morgan fingerprint density at radius 2 is 2.12 bits per heavy atom. The molecule has 1 atom stereocenters. The summed E-state index contributed by atoms with van der Waals surface area (Å²) in [5.41, 5.74) is 1.70. The van der Waals surface area contributed by atoms with Gasteiger partial charge in [0.1, 0.15) is 10.0 Å². The van der Waals surface area contributed by atoms with E-state index in [-0.39, 0.29) is 5.56 Å². The van der Waals surface area contributed by atoms with E-state index in [1.807, 2.05) is 13.0 Å². The molecule has 1 saturated heterocycles. The van der Waals surface area contributed by atoms with Gasteiger partial charge in [-0.1, -0.05) is 23.5 Å². The van der Waals surface area contributed by atoms with Gasteiger partial charge in [-0.2, -0.15) is 9.61 Å². The van der Waals surface area contributed by atoms with E-state index in [1.54, 1.807) is 11.3 Å². The first-order valence-corrected chi connectivity index (χ1v) is 10.3. The third-order valence-corrected chi connectivity index (χ3v) is 6.74. The fourth-order valence-electron chi connectivity index (χ4n) is 3.53. The van der Waals surface area contributed by atoms with Gasteiger partial charge < -0.3 is 0 Å². The summed E-state index contributed by atoms with van der Waals surface area (Å²) in [4.78, 5) is 24.4. The summed E-state index contributed by atoms with van der Waals surface area (Å²) in [6.07, 6.45) is 2.27. The molecule has 0 N–H and O–H groups in total. The van der Waals surface area contributed by atoms with Gasteiger partial charge in [-0.3, -0.25) is 9.69 Å². The average molecular weight is 384 g/mol. The van der Waals surface area contributed by atoms with Crippen LogP contribution in [0.15, 0.2) is 35.1 Å². The smallest absolute Gasteiger partial charge is 0.275 e. The Bertz CT molecular complexity index is 1130. The molecule has 8 heteroatoms. The Hall–Kier alpha value is -2.16. The third-order valence-electron chi connectivity index (χ3n) is 4.71. The van der Waals surface area contributed by atoms with Crippen LogP contribution >= 0.6 is 22.7 Å². The summed E-state index contributed by atoms with van der Waals surface area (Å²) in [7, 11) is 0. The normalized spacial score (nSPS) is 18.3. The van der Waals surface area contributed by atoms with Crippen LogP contribution < -0.4 is 5.56 Å². The number of para-hydroxylation sites is 1. The second-order valence-corrected chi connectivity index (χ2v) is 8.68. The molecular formula is C18H17N5OS2. The molecule has 0 aliphatic carbocycles. The number of aryl methyl sites for hydroxylation is 1. The molecule has 4 heterocycles. The van der Waals surface area contributed by atoms with Gasteiger partial charge in [-0.15, -0.1) is 11.3 Å². The summed E-state index contributed by atoms with van der Waals surface area (Å²) < 4.78 is 2.65. The molecule has 0 radical (unpaired) electrons. The molecule has 0 bridgehead atoms. The molecule has 5 rings (SSSR count). The van der Waals surface area contributed by atoms with Crippen molar-refractivity contribution >= 4 is 37.9 Å². The van der Waals surface area contributed by atoms with E-state index in [0.29, 0.717) is 11.0 Å². The quantitative estimate of drug-likeness (QED) is 0.542. The number of hydrogen-bond donors (Lipinski definition) is 0. The minimum atomic E-state index is -0.112. The van der Waals surface area contributed by atoms with Crippen LogP contribution in [-0.2, 0) is 6.54 Å². The predicted octanol–water partition coefficient (Wildman–Crippen LogP) is 3.41. The van der Waals surface area contributed by atoms with E-state index in [4.69, 9.17) is 4.98 Å². The monoisotopic (exact) mass is 383 g/mol. The van der Waals surface area contributed by atoms with Crippen molar-refractivity contribution in [1.29, 1.82) is 0 Å². The lowest BCUT2D eigenvalue weighted by Crippen LogP contribution is -2.23. The molecule has 1 fully saturated rings. The summed E-state index contributed by atoms with van der Waals surface area (Å²) >= 11 is 3.28. The van der Waals surface area contributed by atoms with Crippen LogP contribution in [0.25, 0.3) is 15.2 Å². The van der Waals surface area contributed by atoms with Gasteiger partial charge >= 0.3 is 0 Å². The Morgan fingerprint density at radius 1 is 1.23 bits per heavy atom. The Morgan fingerprint density at radius 3 is 3.00 bits per heavy atom. The summed E-state index contributed by atoms with van der Waals surface area (Å²) in [6, 6.07) is 10.1. The van der Waals surface area contributed by atoms with Gasteiger partial charge in [-0.25, -0.2) is 9.97 Å². The fraction of sp³-hybridized carbons (Fsp3) is 0.333. The Kier molecular flexibility index (Phi) is 3.84. The number of likely N-dealkylation sites (tertiary alicyclic amines) is 1. The van der Waals surface area contributed by atoms with Crippen LogP contribution in [0.1, 0.15) is 34.6 Å². The van der Waals surface area contributed by atoms with Crippen molar-refractivity contribution in [3.63, 3.8) is 0 Å².